The minimum absolute atomic E-state index is 0.181. The molecule has 0 aliphatic rings. The Labute approximate surface area is 133 Å². The maximum Gasteiger partial charge on any atom is 0.193 e. The lowest BCUT2D eigenvalue weighted by molar-refractivity contribution is 0.445. The molecule has 1 rings (SSSR count). The number of benzene rings is 1. The zero-order valence-electron chi connectivity index (χ0n) is 14.2. The van der Waals surface area contributed by atoms with Crippen molar-refractivity contribution in [3.8, 4) is 0 Å². The largest absolute Gasteiger partial charge is 0.355 e. The van der Waals surface area contributed by atoms with E-state index in [0.29, 0.717) is 6.54 Å². The number of halogens is 1. The maximum absolute atomic E-state index is 13.4. The van der Waals surface area contributed by atoms with Gasteiger partial charge in [0.1, 0.15) is 5.82 Å². The van der Waals surface area contributed by atoms with Crippen LogP contribution in [0.2, 0.25) is 0 Å². The van der Waals surface area contributed by atoms with E-state index >= 15 is 0 Å². The summed E-state index contributed by atoms with van der Waals surface area (Å²) in [6, 6.07) is 6.78. The van der Waals surface area contributed by atoms with Gasteiger partial charge in [0.25, 0.3) is 0 Å². The van der Waals surface area contributed by atoms with Crippen LogP contribution >= 0.6 is 0 Å². The van der Waals surface area contributed by atoms with Gasteiger partial charge in [0.05, 0.1) is 0 Å². The predicted molar refractivity (Wildman–Crippen MR) is 92.8 cm³/mol. The van der Waals surface area contributed by atoms with Crippen LogP contribution in [0.15, 0.2) is 41.9 Å². The van der Waals surface area contributed by atoms with E-state index in [4.69, 9.17) is 0 Å². The lowest BCUT2D eigenvalue weighted by Gasteiger charge is -2.29. The summed E-state index contributed by atoms with van der Waals surface area (Å²) in [6.07, 6.45) is 3.97. The van der Waals surface area contributed by atoms with Gasteiger partial charge >= 0.3 is 0 Å². The van der Waals surface area contributed by atoms with E-state index in [-0.39, 0.29) is 11.2 Å². The van der Waals surface area contributed by atoms with Crippen LogP contribution in [0, 0.1) is 5.82 Å². The van der Waals surface area contributed by atoms with Crippen LogP contribution in [0.1, 0.15) is 32.3 Å². The van der Waals surface area contributed by atoms with Crippen LogP contribution < -0.4 is 5.32 Å². The van der Waals surface area contributed by atoms with Gasteiger partial charge in [-0.15, -0.1) is 6.58 Å². The summed E-state index contributed by atoms with van der Waals surface area (Å²) in [5.74, 6) is 0.657. The van der Waals surface area contributed by atoms with E-state index in [1.807, 2.05) is 19.2 Å². The van der Waals surface area contributed by atoms with Gasteiger partial charge in [0.15, 0.2) is 5.96 Å². The van der Waals surface area contributed by atoms with E-state index in [0.717, 1.165) is 30.9 Å². The number of nitrogens with zero attached hydrogens (tertiary/aromatic N) is 2. The van der Waals surface area contributed by atoms with Crippen molar-refractivity contribution in [2.75, 3.05) is 27.2 Å². The Bertz CT molecular complexity index is 509. The van der Waals surface area contributed by atoms with Crippen molar-refractivity contribution < 1.29 is 4.39 Å². The van der Waals surface area contributed by atoms with Gasteiger partial charge in [-0.1, -0.05) is 32.1 Å². The van der Waals surface area contributed by atoms with E-state index < -0.39 is 0 Å². The number of hydrogen-bond acceptors (Lipinski definition) is 1. The number of rotatable bonds is 7. The lowest BCUT2D eigenvalue weighted by Crippen LogP contribution is -2.44. The number of nitrogens with one attached hydrogen (secondary N) is 1. The monoisotopic (exact) mass is 305 g/mol. The van der Waals surface area contributed by atoms with Gasteiger partial charge in [-0.3, -0.25) is 4.99 Å². The first kappa shape index (κ1) is 18.2. The number of allylic oxidation sites excluding steroid dienone is 1. The van der Waals surface area contributed by atoms with Crippen LogP contribution in [0.5, 0.6) is 0 Å². The highest BCUT2D eigenvalue weighted by molar-refractivity contribution is 5.79. The molecule has 0 aliphatic heterocycles. The SMILES string of the molecule is C=CCCCN(C)C(=NC)NCC(C)(C)c1cccc(F)c1. The molecule has 1 N–H and O–H groups in total. The molecule has 0 unspecified atom stereocenters. The summed E-state index contributed by atoms with van der Waals surface area (Å²) < 4.78 is 13.4. The Hall–Kier alpha value is -1.84. The molecule has 1 aromatic carbocycles. The smallest absolute Gasteiger partial charge is 0.193 e. The van der Waals surface area contributed by atoms with Gasteiger partial charge in [-0.25, -0.2) is 4.39 Å². The van der Waals surface area contributed by atoms with Crippen LogP contribution in [0.3, 0.4) is 0 Å². The average Bonchev–Trinajstić information content (AvgIpc) is 2.48. The maximum atomic E-state index is 13.4. The highest BCUT2D eigenvalue weighted by atomic mass is 19.1. The molecule has 1 aromatic rings. The first-order valence-electron chi connectivity index (χ1n) is 7.69. The zero-order chi connectivity index (χ0) is 16.6. The quantitative estimate of drug-likeness (QED) is 0.361. The molecule has 0 aromatic heterocycles. The standard InChI is InChI=1S/C18H28FN3/c1-6-7-8-12-22(5)17(20-4)21-14-18(2,3)15-10-9-11-16(19)13-15/h6,9-11,13H,1,7-8,12,14H2,2-5H3,(H,20,21). The van der Waals surface area contributed by atoms with E-state index in [9.17, 15) is 4.39 Å². The fourth-order valence-corrected chi connectivity index (χ4v) is 2.27. The number of hydrogen-bond donors (Lipinski definition) is 1. The molecular formula is C18H28FN3. The highest BCUT2D eigenvalue weighted by Gasteiger charge is 2.22. The van der Waals surface area contributed by atoms with Crippen molar-refractivity contribution >= 4 is 5.96 Å². The molecular weight excluding hydrogens is 277 g/mol. The molecule has 0 saturated heterocycles. The van der Waals surface area contributed by atoms with E-state index in [1.54, 1.807) is 19.2 Å². The number of aliphatic imine (C=N–C) groups is 1. The van der Waals surface area contributed by atoms with Crippen molar-refractivity contribution in [2.45, 2.75) is 32.1 Å². The average molecular weight is 305 g/mol. The zero-order valence-corrected chi connectivity index (χ0v) is 14.2. The summed E-state index contributed by atoms with van der Waals surface area (Å²) in [5, 5.41) is 3.38. The molecule has 0 amide bonds. The van der Waals surface area contributed by atoms with Crippen molar-refractivity contribution in [1.29, 1.82) is 0 Å². The molecule has 0 heterocycles. The molecule has 22 heavy (non-hydrogen) atoms. The van der Waals surface area contributed by atoms with E-state index in [2.05, 4.69) is 35.6 Å². The number of guanidine groups is 1. The fraction of sp³-hybridized carbons (Fsp3) is 0.500. The third-order valence-corrected chi connectivity index (χ3v) is 3.77. The second kappa shape index (κ2) is 8.57. The van der Waals surface area contributed by atoms with Crippen molar-refractivity contribution in [3.05, 3.63) is 48.3 Å². The van der Waals surface area contributed by atoms with E-state index in [1.165, 1.54) is 6.07 Å². The second-order valence-corrected chi connectivity index (χ2v) is 6.15. The Kier molecular flexibility index (Phi) is 7.09. The van der Waals surface area contributed by atoms with Crippen molar-refractivity contribution in [3.63, 3.8) is 0 Å². The molecule has 0 atom stereocenters. The minimum atomic E-state index is -0.198. The van der Waals surface area contributed by atoms with Crippen molar-refractivity contribution in [1.82, 2.24) is 10.2 Å². The summed E-state index contributed by atoms with van der Waals surface area (Å²) in [4.78, 5) is 6.41. The Balaban J connectivity index is 2.63. The summed E-state index contributed by atoms with van der Waals surface area (Å²) >= 11 is 0. The summed E-state index contributed by atoms with van der Waals surface area (Å²) in [7, 11) is 3.80. The molecule has 0 fully saturated rings. The molecule has 0 bridgehead atoms. The summed E-state index contributed by atoms with van der Waals surface area (Å²) in [5.41, 5.74) is 0.796. The first-order chi connectivity index (χ1) is 10.4. The molecule has 0 aliphatic carbocycles. The molecule has 3 nitrogen and oxygen atoms in total. The highest BCUT2D eigenvalue weighted by Crippen LogP contribution is 2.22. The predicted octanol–water partition coefficient (Wildman–Crippen LogP) is 3.58. The van der Waals surface area contributed by atoms with Crippen LogP contribution in [0.4, 0.5) is 4.39 Å². The third-order valence-electron chi connectivity index (χ3n) is 3.77. The first-order valence-corrected chi connectivity index (χ1v) is 7.69. The molecule has 0 radical (unpaired) electrons. The van der Waals surface area contributed by atoms with Gasteiger partial charge in [0, 0.05) is 32.6 Å². The van der Waals surface area contributed by atoms with Gasteiger partial charge in [-0.2, -0.15) is 0 Å². The van der Waals surface area contributed by atoms with Gasteiger partial charge < -0.3 is 10.2 Å². The van der Waals surface area contributed by atoms with Crippen LogP contribution in [0.25, 0.3) is 0 Å². The topological polar surface area (TPSA) is 27.6 Å². The Morgan fingerprint density at radius 1 is 1.45 bits per heavy atom. The van der Waals surface area contributed by atoms with Gasteiger partial charge in [-0.05, 0) is 30.5 Å². The second-order valence-electron chi connectivity index (χ2n) is 6.15. The van der Waals surface area contributed by atoms with Gasteiger partial charge in [0.2, 0.25) is 0 Å². The Morgan fingerprint density at radius 3 is 2.77 bits per heavy atom. The van der Waals surface area contributed by atoms with Crippen LogP contribution in [-0.2, 0) is 5.41 Å². The molecule has 4 heteroatoms. The Morgan fingerprint density at radius 2 is 2.18 bits per heavy atom. The van der Waals surface area contributed by atoms with Crippen molar-refractivity contribution in [2.24, 2.45) is 4.99 Å². The fourth-order valence-electron chi connectivity index (χ4n) is 2.27. The lowest BCUT2D eigenvalue weighted by atomic mass is 9.84. The molecule has 0 spiro atoms. The number of unbranched alkanes of at least 4 members (excludes halogenated alkanes) is 1. The molecule has 0 saturated carbocycles. The third kappa shape index (κ3) is 5.51. The molecule has 122 valence electrons. The normalized spacial score (nSPS) is 12.1. The summed E-state index contributed by atoms with van der Waals surface area (Å²) in [6.45, 7) is 9.54. The minimum Gasteiger partial charge on any atom is -0.355 e. The van der Waals surface area contributed by atoms with Crippen LogP contribution in [-0.4, -0.2) is 38.0 Å².